The summed E-state index contributed by atoms with van der Waals surface area (Å²) in [6.07, 6.45) is 3.34. The summed E-state index contributed by atoms with van der Waals surface area (Å²) in [6, 6.07) is 3.85. The van der Waals surface area contributed by atoms with Crippen LogP contribution in [-0.4, -0.2) is 11.1 Å². The highest BCUT2D eigenvalue weighted by Crippen LogP contribution is 2.03. The fraction of sp³-hybridized carbons (Fsp3) is 0.615. The van der Waals surface area contributed by atoms with Crippen molar-refractivity contribution in [3.63, 3.8) is 0 Å². The van der Waals surface area contributed by atoms with Gasteiger partial charge in [-0.1, -0.05) is 13.3 Å². The molecule has 0 aliphatic carbocycles. The van der Waals surface area contributed by atoms with Crippen molar-refractivity contribution in [2.75, 3.05) is 0 Å². The Bertz CT molecular complexity index is 368. The molecule has 0 radical (unpaired) electrons. The molecule has 0 amide bonds. The first-order valence-electron chi connectivity index (χ1n) is 5.96. The van der Waals surface area contributed by atoms with Gasteiger partial charge >= 0.3 is 0 Å². The van der Waals surface area contributed by atoms with E-state index in [1.807, 2.05) is 26.0 Å². The van der Waals surface area contributed by atoms with Crippen LogP contribution in [0.2, 0.25) is 0 Å². The molecule has 1 rings (SSSR count). The molecule has 0 saturated carbocycles. The van der Waals surface area contributed by atoms with Gasteiger partial charge in [-0.25, -0.2) is 0 Å². The third-order valence-corrected chi connectivity index (χ3v) is 2.42. The number of H-pyrrole nitrogens is 1. The molecular formula is C13H21NO2. The van der Waals surface area contributed by atoms with Crippen molar-refractivity contribution in [1.29, 1.82) is 0 Å². The SMILES string of the molecule is CCCCc1ccc(COC(C)C)c(=O)[nH]1. The summed E-state index contributed by atoms with van der Waals surface area (Å²) < 4.78 is 5.41. The second-order valence-corrected chi connectivity index (χ2v) is 4.30. The van der Waals surface area contributed by atoms with Gasteiger partial charge < -0.3 is 9.72 Å². The monoisotopic (exact) mass is 223 g/mol. The smallest absolute Gasteiger partial charge is 0.253 e. The van der Waals surface area contributed by atoms with E-state index in [9.17, 15) is 4.79 Å². The van der Waals surface area contributed by atoms with Crippen LogP contribution in [0.15, 0.2) is 16.9 Å². The Balaban J connectivity index is 2.64. The molecule has 1 heterocycles. The van der Waals surface area contributed by atoms with Crippen LogP contribution in [0.3, 0.4) is 0 Å². The molecule has 0 fully saturated rings. The summed E-state index contributed by atoms with van der Waals surface area (Å²) in [4.78, 5) is 14.6. The van der Waals surface area contributed by atoms with E-state index in [4.69, 9.17) is 4.74 Å². The minimum Gasteiger partial charge on any atom is -0.374 e. The number of nitrogens with one attached hydrogen (secondary N) is 1. The summed E-state index contributed by atoms with van der Waals surface area (Å²) in [6.45, 7) is 6.46. The number of pyridine rings is 1. The van der Waals surface area contributed by atoms with Crippen molar-refractivity contribution >= 4 is 0 Å². The van der Waals surface area contributed by atoms with Crippen LogP contribution < -0.4 is 5.56 Å². The predicted octanol–water partition coefficient (Wildman–Crippen LogP) is 2.64. The highest BCUT2D eigenvalue weighted by Gasteiger charge is 2.02. The van der Waals surface area contributed by atoms with Gasteiger partial charge in [0.15, 0.2) is 0 Å². The van der Waals surface area contributed by atoms with Gasteiger partial charge in [-0.05, 0) is 38.8 Å². The molecule has 16 heavy (non-hydrogen) atoms. The second kappa shape index (κ2) is 6.48. The molecule has 0 spiro atoms. The average molecular weight is 223 g/mol. The van der Waals surface area contributed by atoms with Crippen LogP contribution in [-0.2, 0) is 17.8 Å². The maximum absolute atomic E-state index is 11.7. The number of hydrogen-bond donors (Lipinski definition) is 1. The lowest BCUT2D eigenvalue weighted by molar-refractivity contribution is 0.0650. The van der Waals surface area contributed by atoms with Crippen LogP contribution in [0.4, 0.5) is 0 Å². The van der Waals surface area contributed by atoms with E-state index >= 15 is 0 Å². The van der Waals surface area contributed by atoms with E-state index in [0.717, 1.165) is 25.0 Å². The Morgan fingerprint density at radius 1 is 1.38 bits per heavy atom. The van der Waals surface area contributed by atoms with Gasteiger partial charge in [0.2, 0.25) is 0 Å². The fourth-order valence-corrected chi connectivity index (χ4v) is 1.43. The topological polar surface area (TPSA) is 42.1 Å². The summed E-state index contributed by atoms with van der Waals surface area (Å²) in [5, 5.41) is 0. The zero-order chi connectivity index (χ0) is 12.0. The normalized spacial score (nSPS) is 11.0. The first-order chi connectivity index (χ1) is 7.63. The van der Waals surface area contributed by atoms with E-state index in [0.29, 0.717) is 12.2 Å². The average Bonchev–Trinajstić information content (AvgIpc) is 2.24. The summed E-state index contributed by atoms with van der Waals surface area (Å²) in [5.41, 5.74) is 1.70. The summed E-state index contributed by atoms with van der Waals surface area (Å²) >= 11 is 0. The number of rotatable bonds is 6. The summed E-state index contributed by atoms with van der Waals surface area (Å²) in [5.74, 6) is 0. The second-order valence-electron chi connectivity index (χ2n) is 4.30. The molecule has 90 valence electrons. The lowest BCUT2D eigenvalue weighted by Gasteiger charge is -2.07. The lowest BCUT2D eigenvalue weighted by Crippen LogP contribution is -2.16. The van der Waals surface area contributed by atoms with Crippen molar-refractivity contribution in [1.82, 2.24) is 4.98 Å². The van der Waals surface area contributed by atoms with Crippen LogP contribution in [0.1, 0.15) is 44.9 Å². The number of unbranched alkanes of at least 4 members (excludes halogenated alkanes) is 1. The Hall–Kier alpha value is -1.09. The van der Waals surface area contributed by atoms with Crippen molar-refractivity contribution in [3.8, 4) is 0 Å². The largest absolute Gasteiger partial charge is 0.374 e. The molecule has 3 heteroatoms. The molecule has 0 aliphatic rings. The minimum atomic E-state index is -0.0192. The van der Waals surface area contributed by atoms with Crippen LogP contribution in [0, 0.1) is 0 Å². The molecule has 0 bridgehead atoms. The fourth-order valence-electron chi connectivity index (χ4n) is 1.43. The van der Waals surface area contributed by atoms with Crippen LogP contribution in [0.25, 0.3) is 0 Å². The summed E-state index contributed by atoms with van der Waals surface area (Å²) in [7, 11) is 0. The number of ether oxygens (including phenoxy) is 1. The van der Waals surface area contributed by atoms with Gasteiger partial charge in [0.25, 0.3) is 5.56 Å². The van der Waals surface area contributed by atoms with Crippen LogP contribution in [0.5, 0.6) is 0 Å². The van der Waals surface area contributed by atoms with Gasteiger partial charge in [0, 0.05) is 11.3 Å². The highest BCUT2D eigenvalue weighted by atomic mass is 16.5. The van der Waals surface area contributed by atoms with Crippen molar-refractivity contribution in [2.45, 2.75) is 52.7 Å². The Labute approximate surface area is 96.8 Å². The van der Waals surface area contributed by atoms with E-state index in [1.165, 1.54) is 0 Å². The molecule has 0 saturated heterocycles. The zero-order valence-corrected chi connectivity index (χ0v) is 10.4. The van der Waals surface area contributed by atoms with E-state index in [-0.39, 0.29) is 11.7 Å². The Morgan fingerprint density at radius 2 is 2.12 bits per heavy atom. The molecule has 3 nitrogen and oxygen atoms in total. The van der Waals surface area contributed by atoms with Gasteiger partial charge in [-0.15, -0.1) is 0 Å². The van der Waals surface area contributed by atoms with E-state index in [1.54, 1.807) is 0 Å². The third-order valence-electron chi connectivity index (χ3n) is 2.42. The molecule has 0 aromatic carbocycles. The first-order valence-corrected chi connectivity index (χ1v) is 5.96. The molecule has 1 N–H and O–H groups in total. The van der Waals surface area contributed by atoms with Gasteiger partial charge in [0.1, 0.15) is 0 Å². The minimum absolute atomic E-state index is 0.0192. The Kier molecular flexibility index (Phi) is 5.26. The van der Waals surface area contributed by atoms with Crippen LogP contribution >= 0.6 is 0 Å². The zero-order valence-electron chi connectivity index (χ0n) is 10.4. The maximum atomic E-state index is 11.7. The molecule has 0 unspecified atom stereocenters. The Morgan fingerprint density at radius 3 is 2.69 bits per heavy atom. The van der Waals surface area contributed by atoms with E-state index < -0.39 is 0 Å². The number of hydrogen-bond acceptors (Lipinski definition) is 2. The molecule has 1 aromatic rings. The first kappa shape index (κ1) is 13.0. The number of aryl methyl sites for hydroxylation is 1. The molecule has 1 aromatic heterocycles. The maximum Gasteiger partial charge on any atom is 0.253 e. The highest BCUT2D eigenvalue weighted by molar-refractivity contribution is 5.13. The molecule has 0 aliphatic heterocycles. The number of aromatic nitrogens is 1. The van der Waals surface area contributed by atoms with E-state index in [2.05, 4.69) is 11.9 Å². The molecule has 0 atom stereocenters. The van der Waals surface area contributed by atoms with Crippen molar-refractivity contribution in [3.05, 3.63) is 33.7 Å². The van der Waals surface area contributed by atoms with Gasteiger partial charge in [0.05, 0.1) is 12.7 Å². The lowest BCUT2D eigenvalue weighted by atomic mass is 10.1. The van der Waals surface area contributed by atoms with Crippen molar-refractivity contribution < 1.29 is 4.74 Å². The quantitative estimate of drug-likeness (QED) is 0.805. The third kappa shape index (κ3) is 4.19. The number of aromatic amines is 1. The van der Waals surface area contributed by atoms with Gasteiger partial charge in [-0.2, -0.15) is 0 Å². The standard InChI is InChI=1S/C13H21NO2/c1-4-5-6-12-8-7-11(13(15)14-12)9-16-10(2)3/h7-8,10H,4-6,9H2,1-3H3,(H,14,15). The molecular weight excluding hydrogens is 202 g/mol. The van der Waals surface area contributed by atoms with Gasteiger partial charge in [-0.3, -0.25) is 4.79 Å². The predicted molar refractivity (Wildman–Crippen MR) is 65.6 cm³/mol. The van der Waals surface area contributed by atoms with Crippen molar-refractivity contribution in [2.24, 2.45) is 0 Å².